The van der Waals surface area contributed by atoms with Gasteiger partial charge in [0.25, 0.3) is 0 Å². The van der Waals surface area contributed by atoms with Crippen LogP contribution in [0.4, 0.5) is 0 Å². The molecule has 0 aliphatic heterocycles. The van der Waals surface area contributed by atoms with Crippen LogP contribution in [0.3, 0.4) is 0 Å². The Kier molecular flexibility index (Phi) is 9.59. The second kappa shape index (κ2) is 11.6. The maximum Gasteiger partial charge on any atom is 0.161 e. The van der Waals surface area contributed by atoms with E-state index in [1.807, 2.05) is 37.3 Å². The summed E-state index contributed by atoms with van der Waals surface area (Å²) in [6, 6.07) is 5.70. The van der Waals surface area contributed by atoms with Crippen LogP contribution in [-0.4, -0.2) is 44.6 Å². The number of ether oxygens (including phenoxy) is 3. The first-order valence-corrected chi connectivity index (χ1v) is 7.76. The van der Waals surface area contributed by atoms with E-state index >= 15 is 0 Å². The Morgan fingerprint density at radius 2 is 2.17 bits per heavy atom. The molecule has 0 spiro atoms. The third-order valence-electron chi connectivity index (χ3n) is 3.09. The molecule has 0 heterocycles. The van der Waals surface area contributed by atoms with Crippen LogP contribution in [0.1, 0.15) is 18.9 Å². The van der Waals surface area contributed by atoms with Crippen molar-refractivity contribution in [3.63, 3.8) is 0 Å². The fourth-order valence-corrected chi connectivity index (χ4v) is 1.98. The summed E-state index contributed by atoms with van der Waals surface area (Å²) in [5.74, 6) is 1.28. The summed E-state index contributed by atoms with van der Waals surface area (Å²) in [7, 11) is 1.60. The minimum atomic E-state index is -0.588. The second-order valence-corrected chi connectivity index (χ2v) is 4.97. The average Bonchev–Trinajstić information content (AvgIpc) is 2.57. The van der Waals surface area contributed by atoms with E-state index in [4.69, 9.17) is 14.2 Å². The zero-order valence-corrected chi connectivity index (χ0v) is 14.0. The first-order valence-electron chi connectivity index (χ1n) is 7.76. The molecule has 1 aromatic carbocycles. The summed E-state index contributed by atoms with van der Waals surface area (Å²) >= 11 is 0. The number of allylic oxidation sites excluding steroid dienone is 1. The molecule has 23 heavy (non-hydrogen) atoms. The highest BCUT2D eigenvalue weighted by Gasteiger charge is 2.09. The topological polar surface area (TPSA) is 60.0 Å². The Labute approximate surface area is 138 Å². The minimum absolute atomic E-state index is 0.204. The van der Waals surface area contributed by atoms with E-state index in [-0.39, 0.29) is 6.61 Å². The highest BCUT2D eigenvalue weighted by atomic mass is 16.5. The van der Waals surface area contributed by atoms with Gasteiger partial charge in [-0.1, -0.05) is 24.8 Å². The highest BCUT2D eigenvalue weighted by molar-refractivity contribution is 5.55. The van der Waals surface area contributed by atoms with Gasteiger partial charge in [0.2, 0.25) is 0 Å². The molecule has 0 saturated carbocycles. The summed E-state index contributed by atoms with van der Waals surface area (Å²) in [5, 5.41) is 13.1. The Bertz CT molecular complexity index is 488. The summed E-state index contributed by atoms with van der Waals surface area (Å²) in [6.07, 6.45) is 5.65. The van der Waals surface area contributed by atoms with Gasteiger partial charge in [0.1, 0.15) is 12.7 Å². The molecule has 0 aliphatic rings. The summed E-state index contributed by atoms with van der Waals surface area (Å²) in [6.45, 7) is 7.50. The van der Waals surface area contributed by atoms with Crippen molar-refractivity contribution in [3.8, 4) is 11.5 Å². The molecule has 1 rings (SSSR count). The smallest absolute Gasteiger partial charge is 0.161 e. The van der Waals surface area contributed by atoms with E-state index in [2.05, 4.69) is 11.9 Å². The van der Waals surface area contributed by atoms with Crippen LogP contribution in [-0.2, 0) is 4.74 Å². The number of hydrogen-bond acceptors (Lipinski definition) is 5. The van der Waals surface area contributed by atoms with Crippen molar-refractivity contribution in [3.05, 3.63) is 42.7 Å². The predicted octanol–water partition coefficient (Wildman–Crippen LogP) is 2.61. The molecule has 0 aliphatic carbocycles. The molecule has 5 nitrogen and oxygen atoms in total. The van der Waals surface area contributed by atoms with Crippen LogP contribution in [0.5, 0.6) is 11.5 Å². The van der Waals surface area contributed by atoms with Gasteiger partial charge in [0.05, 0.1) is 20.0 Å². The SMILES string of the molecule is C=COCCCNCC(O)COc1ccc(/C=C/C)cc1OC. The van der Waals surface area contributed by atoms with Crippen molar-refractivity contribution < 1.29 is 19.3 Å². The molecule has 0 amide bonds. The number of aliphatic hydroxyl groups excluding tert-OH is 1. The lowest BCUT2D eigenvalue weighted by atomic mass is 10.2. The molecule has 0 aromatic heterocycles. The van der Waals surface area contributed by atoms with Crippen LogP contribution < -0.4 is 14.8 Å². The van der Waals surface area contributed by atoms with Crippen LogP contribution in [0, 0.1) is 0 Å². The Hall–Kier alpha value is -1.98. The van der Waals surface area contributed by atoms with Gasteiger partial charge < -0.3 is 24.6 Å². The Balaban J connectivity index is 2.34. The minimum Gasteiger partial charge on any atom is -0.502 e. The van der Waals surface area contributed by atoms with Crippen molar-refractivity contribution in [2.45, 2.75) is 19.4 Å². The van der Waals surface area contributed by atoms with Gasteiger partial charge in [-0.2, -0.15) is 0 Å². The number of nitrogens with one attached hydrogen (secondary N) is 1. The molecular weight excluding hydrogens is 294 g/mol. The van der Waals surface area contributed by atoms with Crippen molar-refractivity contribution in [2.24, 2.45) is 0 Å². The lowest BCUT2D eigenvalue weighted by Crippen LogP contribution is -2.32. The molecule has 0 radical (unpaired) electrons. The molecule has 128 valence electrons. The monoisotopic (exact) mass is 321 g/mol. The predicted molar refractivity (Wildman–Crippen MR) is 92.8 cm³/mol. The molecule has 2 N–H and O–H groups in total. The second-order valence-electron chi connectivity index (χ2n) is 4.97. The summed E-state index contributed by atoms with van der Waals surface area (Å²) in [4.78, 5) is 0. The largest absolute Gasteiger partial charge is 0.502 e. The van der Waals surface area contributed by atoms with Gasteiger partial charge in [-0.15, -0.1) is 0 Å². The van der Waals surface area contributed by atoms with Gasteiger partial charge in [-0.3, -0.25) is 0 Å². The fourth-order valence-electron chi connectivity index (χ4n) is 1.98. The third-order valence-corrected chi connectivity index (χ3v) is 3.09. The zero-order chi connectivity index (χ0) is 16.9. The Morgan fingerprint density at radius 1 is 1.35 bits per heavy atom. The fraction of sp³-hybridized carbons (Fsp3) is 0.444. The summed E-state index contributed by atoms with van der Waals surface area (Å²) < 4.78 is 16.0. The molecule has 0 bridgehead atoms. The van der Waals surface area contributed by atoms with Crippen molar-refractivity contribution in [1.82, 2.24) is 5.32 Å². The van der Waals surface area contributed by atoms with E-state index < -0.39 is 6.10 Å². The maximum atomic E-state index is 9.93. The standard InChI is InChI=1S/C18H27NO4/c1-4-7-15-8-9-17(18(12-15)21-3)23-14-16(20)13-19-10-6-11-22-5-2/h4-5,7-9,12,16,19-20H,2,6,10-11,13-14H2,1,3H3/b7-4+. The van der Waals surface area contributed by atoms with E-state index in [1.54, 1.807) is 7.11 Å². The zero-order valence-electron chi connectivity index (χ0n) is 14.0. The van der Waals surface area contributed by atoms with E-state index in [9.17, 15) is 5.11 Å². The van der Waals surface area contributed by atoms with Crippen molar-refractivity contribution >= 4 is 6.08 Å². The van der Waals surface area contributed by atoms with E-state index in [0.717, 1.165) is 18.5 Å². The quantitative estimate of drug-likeness (QED) is 0.458. The molecule has 1 aromatic rings. The van der Waals surface area contributed by atoms with Gasteiger partial charge in [0.15, 0.2) is 11.5 Å². The van der Waals surface area contributed by atoms with Gasteiger partial charge in [-0.05, 0) is 37.6 Å². The Morgan fingerprint density at radius 3 is 2.87 bits per heavy atom. The van der Waals surface area contributed by atoms with Crippen LogP contribution in [0.25, 0.3) is 6.08 Å². The van der Waals surface area contributed by atoms with Gasteiger partial charge in [0, 0.05) is 6.54 Å². The molecule has 0 saturated heterocycles. The lowest BCUT2D eigenvalue weighted by molar-refractivity contribution is 0.104. The van der Waals surface area contributed by atoms with Crippen molar-refractivity contribution in [2.75, 3.05) is 33.4 Å². The van der Waals surface area contributed by atoms with Gasteiger partial charge in [-0.25, -0.2) is 0 Å². The lowest BCUT2D eigenvalue weighted by Gasteiger charge is -2.15. The normalized spacial score (nSPS) is 12.1. The maximum absolute atomic E-state index is 9.93. The molecular formula is C18H27NO4. The summed E-state index contributed by atoms with van der Waals surface area (Å²) in [5.41, 5.74) is 1.04. The molecule has 0 fully saturated rings. The first-order chi connectivity index (χ1) is 11.2. The third kappa shape index (κ3) is 7.72. The molecule has 1 atom stereocenters. The van der Waals surface area contributed by atoms with E-state index in [1.165, 1.54) is 6.26 Å². The average molecular weight is 321 g/mol. The van der Waals surface area contributed by atoms with Crippen LogP contribution >= 0.6 is 0 Å². The van der Waals surface area contributed by atoms with E-state index in [0.29, 0.717) is 24.7 Å². The number of hydrogen-bond donors (Lipinski definition) is 2. The molecule has 5 heteroatoms. The first kappa shape index (κ1) is 19.1. The van der Waals surface area contributed by atoms with Crippen LogP contribution in [0.15, 0.2) is 37.1 Å². The number of rotatable bonds is 12. The van der Waals surface area contributed by atoms with Gasteiger partial charge >= 0.3 is 0 Å². The number of methoxy groups -OCH3 is 1. The van der Waals surface area contributed by atoms with Crippen molar-refractivity contribution in [1.29, 1.82) is 0 Å². The van der Waals surface area contributed by atoms with Crippen LogP contribution in [0.2, 0.25) is 0 Å². The number of aliphatic hydroxyl groups is 1. The molecule has 1 unspecified atom stereocenters. The highest BCUT2D eigenvalue weighted by Crippen LogP contribution is 2.28. The number of benzene rings is 1.